The lowest BCUT2D eigenvalue weighted by Gasteiger charge is -2.06. The number of hydrogen-bond acceptors (Lipinski definition) is 5. The van der Waals surface area contributed by atoms with Gasteiger partial charge in [-0.05, 0) is 32.0 Å². The van der Waals surface area contributed by atoms with Crippen molar-refractivity contribution < 1.29 is 18.8 Å². The van der Waals surface area contributed by atoms with Crippen molar-refractivity contribution in [2.24, 2.45) is 0 Å². The zero-order chi connectivity index (χ0) is 14.7. The summed E-state index contributed by atoms with van der Waals surface area (Å²) in [7, 11) is 1.30. The van der Waals surface area contributed by atoms with Gasteiger partial charge in [-0.25, -0.2) is 4.79 Å². The molecule has 0 bridgehead atoms. The Morgan fingerprint density at radius 1 is 1.30 bits per heavy atom. The van der Waals surface area contributed by atoms with Gasteiger partial charge in [0.2, 0.25) is 0 Å². The van der Waals surface area contributed by atoms with Crippen LogP contribution in [0, 0.1) is 13.8 Å². The molecule has 0 aliphatic carbocycles. The average molecular weight is 274 g/mol. The van der Waals surface area contributed by atoms with Crippen LogP contribution in [0.1, 0.15) is 32.2 Å². The van der Waals surface area contributed by atoms with Gasteiger partial charge in [0.1, 0.15) is 11.3 Å². The fourth-order valence-electron chi connectivity index (χ4n) is 1.84. The van der Waals surface area contributed by atoms with Gasteiger partial charge in [-0.3, -0.25) is 4.79 Å². The number of benzene rings is 1. The van der Waals surface area contributed by atoms with Crippen LogP contribution in [-0.4, -0.2) is 24.1 Å². The first-order valence-electron chi connectivity index (χ1n) is 5.95. The summed E-state index contributed by atoms with van der Waals surface area (Å²) in [4.78, 5) is 23.6. The third-order valence-corrected chi connectivity index (χ3v) is 2.80. The van der Waals surface area contributed by atoms with Crippen LogP contribution in [0.4, 0.5) is 5.69 Å². The van der Waals surface area contributed by atoms with Gasteiger partial charge in [0.05, 0.1) is 18.4 Å². The Morgan fingerprint density at radius 2 is 2.05 bits per heavy atom. The molecule has 1 aromatic heterocycles. The van der Waals surface area contributed by atoms with Gasteiger partial charge in [0, 0.05) is 5.69 Å². The largest absolute Gasteiger partial charge is 0.465 e. The normalized spacial score (nSPS) is 10.2. The first-order chi connectivity index (χ1) is 9.52. The number of rotatable bonds is 3. The molecule has 20 heavy (non-hydrogen) atoms. The molecule has 2 rings (SSSR count). The fourth-order valence-corrected chi connectivity index (χ4v) is 1.84. The standard InChI is InChI=1S/C14H14N2O4/c1-8-12(9(2)20-16-8)13(17)15-11-6-4-5-10(7-11)14(18)19-3/h4-7H,1-3H3,(H,15,17). The summed E-state index contributed by atoms with van der Waals surface area (Å²) in [6, 6.07) is 6.50. The number of carbonyl (C=O) groups excluding carboxylic acids is 2. The second-order valence-electron chi connectivity index (χ2n) is 4.23. The molecule has 0 aliphatic rings. The zero-order valence-corrected chi connectivity index (χ0v) is 11.4. The van der Waals surface area contributed by atoms with Crippen LogP contribution < -0.4 is 5.32 Å². The number of carbonyl (C=O) groups is 2. The Morgan fingerprint density at radius 3 is 2.65 bits per heavy atom. The highest BCUT2D eigenvalue weighted by atomic mass is 16.5. The molecule has 0 spiro atoms. The van der Waals surface area contributed by atoms with E-state index in [1.54, 1.807) is 38.1 Å². The number of nitrogens with one attached hydrogen (secondary N) is 1. The highest BCUT2D eigenvalue weighted by Gasteiger charge is 2.17. The van der Waals surface area contributed by atoms with Crippen molar-refractivity contribution in [1.82, 2.24) is 5.16 Å². The molecule has 0 unspecified atom stereocenters. The summed E-state index contributed by atoms with van der Waals surface area (Å²) in [5.74, 6) is -0.342. The summed E-state index contributed by atoms with van der Waals surface area (Å²) in [5.41, 5.74) is 1.78. The maximum Gasteiger partial charge on any atom is 0.337 e. The molecule has 1 amide bonds. The molecule has 6 nitrogen and oxygen atoms in total. The molecule has 1 N–H and O–H groups in total. The summed E-state index contributed by atoms with van der Waals surface area (Å²) >= 11 is 0. The van der Waals surface area contributed by atoms with Gasteiger partial charge >= 0.3 is 5.97 Å². The summed E-state index contributed by atoms with van der Waals surface area (Å²) in [6.45, 7) is 3.36. The molecular weight excluding hydrogens is 260 g/mol. The highest BCUT2D eigenvalue weighted by Crippen LogP contribution is 2.16. The van der Waals surface area contributed by atoms with Gasteiger partial charge in [-0.2, -0.15) is 0 Å². The molecule has 2 aromatic rings. The molecule has 0 atom stereocenters. The molecule has 0 saturated carbocycles. The third-order valence-electron chi connectivity index (χ3n) is 2.80. The number of aryl methyl sites for hydroxylation is 2. The first-order valence-corrected chi connectivity index (χ1v) is 5.95. The SMILES string of the molecule is COC(=O)c1cccc(NC(=O)c2c(C)noc2C)c1. The van der Waals surface area contributed by atoms with Crippen LogP contribution in [-0.2, 0) is 4.74 Å². The van der Waals surface area contributed by atoms with Gasteiger partial charge in [-0.15, -0.1) is 0 Å². The van der Waals surface area contributed by atoms with Crippen molar-refractivity contribution in [1.29, 1.82) is 0 Å². The van der Waals surface area contributed by atoms with E-state index in [1.807, 2.05) is 0 Å². The smallest absolute Gasteiger partial charge is 0.337 e. The number of hydrogen-bond donors (Lipinski definition) is 1. The third kappa shape index (κ3) is 2.69. The molecule has 0 aliphatic heterocycles. The summed E-state index contributed by atoms with van der Waals surface area (Å²) < 4.78 is 9.58. The van der Waals surface area contributed by atoms with Gasteiger partial charge in [0.25, 0.3) is 5.91 Å². The molecule has 0 saturated heterocycles. The maximum atomic E-state index is 12.1. The van der Waals surface area contributed by atoms with Crippen molar-refractivity contribution in [2.45, 2.75) is 13.8 Å². The highest BCUT2D eigenvalue weighted by molar-refractivity contribution is 6.06. The monoisotopic (exact) mass is 274 g/mol. The van der Waals surface area contributed by atoms with Crippen LogP contribution in [0.15, 0.2) is 28.8 Å². The quantitative estimate of drug-likeness (QED) is 0.869. The van der Waals surface area contributed by atoms with Crippen LogP contribution in [0.25, 0.3) is 0 Å². The Labute approximate surface area is 115 Å². The van der Waals surface area contributed by atoms with Crippen LogP contribution in [0.5, 0.6) is 0 Å². The van der Waals surface area contributed by atoms with E-state index in [9.17, 15) is 9.59 Å². The van der Waals surface area contributed by atoms with Crippen LogP contribution in [0.3, 0.4) is 0 Å². The molecule has 0 radical (unpaired) electrons. The van der Waals surface area contributed by atoms with E-state index < -0.39 is 5.97 Å². The van der Waals surface area contributed by atoms with Crippen LogP contribution in [0.2, 0.25) is 0 Å². The van der Waals surface area contributed by atoms with E-state index in [2.05, 4.69) is 15.2 Å². The Bertz CT molecular complexity index is 641. The minimum atomic E-state index is -0.460. The molecular formula is C14H14N2O4. The number of ether oxygens (including phenoxy) is 1. The fraction of sp³-hybridized carbons (Fsp3) is 0.214. The van der Waals surface area contributed by atoms with E-state index in [0.717, 1.165) is 0 Å². The van der Waals surface area contributed by atoms with Crippen molar-refractivity contribution in [3.05, 3.63) is 46.8 Å². The predicted molar refractivity (Wildman–Crippen MR) is 71.7 cm³/mol. The molecule has 6 heteroatoms. The van der Waals surface area contributed by atoms with Gasteiger partial charge in [-0.1, -0.05) is 11.2 Å². The van der Waals surface area contributed by atoms with E-state index in [1.165, 1.54) is 7.11 Å². The van der Waals surface area contributed by atoms with Crippen molar-refractivity contribution in [3.8, 4) is 0 Å². The van der Waals surface area contributed by atoms with E-state index >= 15 is 0 Å². The zero-order valence-electron chi connectivity index (χ0n) is 11.4. The predicted octanol–water partition coefficient (Wildman–Crippen LogP) is 2.33. The maximum absolute atomic E-state index is 12.1. The van der Waals surface area contributed by atoms with Crippen LogP contribution >= 0.6 is 0 Å². The lowest BCUT2D eigenvalue weighted by molar-refractivity contribution is 0.0600. The molecule has 104 valence electrons. The van der Waals surface area contributed by atoms with Gasteiger partial charge < -0.3 is 14.6 Å². The lowest BCUT2D eigenvalue weighted by atomic mass is 10.1. The summed E-state index contributed by atoms with van der Waals surface area (Å²) in [5, 5.41) is 6.43. The number of amides is 1. The lowest BCUT2D eigenvalue weighted by Crippen LogP contribution is -2.14. The topological polar surface area (TPSA) is 81.4 Å². The summed E-state index contributed by atoms with van der Waals surface area (Å²) in [6.07, 6.45) is 0. The second-order valence-corrected chi connectivity index (χ2v) is 4.23. The number of anilines is 1. The molecule has 1 heterocycles. The first kappa shape index (κ1) is 13.8. The number of esters is 1. The van der Waals surface area contributed by atoms with E-state index in [0.29, 0.717) is 28.3 Å². The second kappa shape index (κ2) is 5.56. The number of nitrogens with zero attached hydrogens (tertiary/aromatic N) is 1. The van der Waals surface area contributed by atoms with Crippen molar-refractivity contribution in [3.63, 3.8) is 0 Å². The average Bonchev–Trinajstić information content (AvgIpc) is 2.77. The minimum Gasteiger partial charge on any atom is -0.465 e. The number of aromatic nitrogens is 1. The van der Waals surface area contributed by atoms with E-state index in [-0.39, 0.29) is 5.91 Å². The molecule has 1 aromatic carbocycles. The molecule has 0 fully saturated rings. The van der Waals surface area contributed by atoms with Crippen molar-refractivity contribution >= 4 is 17.6 Å². The Balaban J connectivity index is 2.22. The van der Waals surface area contributed by atoms with E-state index in [4.69, 9.17) is 4.52 Å². The van der Waals surface area contributed by atoms with Gasteiger partial charge in [0.15, 0.2) is 0 Å². The minimum absolute atomic E-state index is 0.330. The van der Waals surface area contributed by atoms with Crippen molar-refractivity contribution in [2.75, 3.05) is 12.4 Å². The Kier molecular flexibility index (Phi) is 3.84. The Hall–Kier alpha value is -2.63. The number of methoxy groups -OCH3 is 1.